The molecule has 7 heteroatoms. The van der Waals surface area contributed by atoms with E-state index in [0.717, 1.165) is 30.7 Å². The van der Waals surface area contributed by atoms with Crippen molar-refractivity contribution in [2.45, 2.75) is 26.3 Å². The van der Waals surface area contributed by atoms with E-state index >= 15 is 0 Å². The summed E-state index contributed by atoms with van der Waals surface area (Å²) in [4.78, 5) is 23.7. The zero-order valence-electron chi connectivity index (χ0n) is 13.9. The first kappa shape index (κ1) is 16.0. The third-order valence-electron chi connectivity index (χ3n) is 3.82. The molecule has 0 aliphatic heterocycles. The lowest BCUT2D eigenvalue weighted by molar-refractivity contribution is 0.414. The second kappa shape index (κ2) is 7.16. The lowest BCUT2D eigenvalue weighted by atomic mass is 10.2. The summed E-state index contributed by atoms with van der Waals surface area (Å²) in [6.45, 7) is 3.38. The Labute approximate surface area is 139 Å². The predicted octanol–water partition coefficient (Wildman–Crippen LogP) is 2.39. The van der Waals surface area contributed by atoms with E-state index < -0.39 is 0 Å². The van der Waals surface area contributed by atoms with Gasteiger partial charge in [-0.1, -0.05) is 25.5 Å². The van der Waals surface area contributed by atoms with Crippen LogP contribution in [0, 0.1) is 0 Å². The van der Waals surface area contributed by atoms with Crippen molar-refractivity contribution in [2.75, 3.05) is 19.0 Å². The lowest BCUT2D eigenvalue weighted by Crippen LogP contribution is -2.18. The van der Waals surface area contributed by atoms with Crippen LogP contribution in [0.15, 0.2) is 35.3 Å². The highest BCUT2D eigenvalue weighted by molar-refractivity contribution is 5.71. The number of anilines is 1. The Morgan fingerprint density at radius 1 is 1.29 bits per heavy atom. The Bertz CT molecular complexity index is 867. The summed E-state index contributed by atoms with van der Waals surface area (Å²) in [5.41, 5.74) is 2.04. The van der Waals surface area contributed by atoms with Crippen molar-refractivity contribution in [1.29, 1.82) is 0 Å². The van der Waals surface area contributed by atoms with Crippen molar-refractivity contribution in [3.8, 4) is 5.75 Å². The number of methoxy groups -OCH3 is 1. The zero-order chi connectivity index (χ0) is 16.9. The quantitative estimate of drug-likeness (QED) is 0.651. The van der Waals surface area contributed by atoms with Crippen LogP contribution >= 0.6 is 0 Å². The van der Waals surface area contributed by atoms with E-state index in [0.29, 0.717) is 23.7 Å². The molecule has 0 bridgehead atoms. The average Bonchev–Trinajstić information content (AvgIpc) is 2.91. The number of nitrogens with zero attached hydrogens (tertiary/aromatic N) is 3. The molecule has 2 N–H and O–H groups in total. The fourth-order valence-corrected chi connectivity index (χ4v) is 2.47. The number of aromatic nitrogens is 4. The highest BCUT2D eigenvalue weighted by atomic mass is 16.5. The van der Waals surface area contributed by atoms with Crippen LogP contribution in [0.25, 0.3) is 11.2 Å². The number of benzene rings is 1. The minimum atomic E-state index is -0.194. The molecule has 0 atom stereocenters. The number of nitrogens with one attached hydrogen (secondary N) is 2. The van der Waals surface area contributed by atoms with Crippen LogP contribution in [-0.2, 0) is 6.54 Å². The molecule has 2 heterocycles. The van der Waals surface area contributed by atoms with E-state index in [2.05, 4.69) is 27.2 Å². The molecule has 126 valence electrons. The number of unbranched alkanes of at least 4 members (excludes halogenated alkanes) is 1. The SMILES string of the molecule is CCCCNc1ncc2[nH]c(=O)n(Cc3ccc(OC)cc3)c2n1. The van der Waals surface area contributed by atoms with E-state index in [1.54, 1.807) is 17.9 Å². The molecule has 1 aromatic carbocycles. The minimum Gasteiger partial charge on any atom is -0.497 e. The maximum Gasteiger partial charge on any atom is 0.328 e. The van der Waals surface area contributed by atoms with Gasteiger partial charge in [0.25, 0.3) is 0 Å². The molecule has 3 aromatic rings. The van der Waals surface area contributed by atoms with Crippen LogP contribution in [0.5, 0.6) is 5.75 Å². The van der Waals surface area contributed by atoms with Gasteiger partial charge >= 0.3 is 5.69 Å². The van der Waals surface area contributed by atoms with Gasteiger partial charge in [0.15, 0.2) is 5.65 Å². The number of hydrogen-bond donors (Lipinski definition) is 2. The third-order valence-corrected chi connectivity index (χ3v) is 3.82. The van der Waals surface area contributed by atoms with Crippen LogP contribution in [0.4, 0.5) is 5.95 Å². The van der Waals surface area contributed by atoms with Gasteiger partial charge in [0.05, 0.1) is 19.9 Å². The number of fused-ring (bicyclic) bond motifs is 1. The minimum absolute atomic E-state index is 0.194. The molecule has 0 spiro atoms. The molecule has 0 saturated heterocycles. The summed E-state index contributed by atoms with van der Waals surface area (Å²) in [6, 6.07) is 7.63. The maximum atomic E-state index is 12.2. The Kier molecular flexibility index (Phi) is 4.79. The molecule has 0 aliphatic rings. The number of H-pyrrole nitrogens is 1. The third kappa shape index (κ3) is 3.40. The predicted molar refractivity (Wildman–Crippen MR) is 93.6 cm³/mol. The normalized spacial score (nSPS) is 10.9. The Balaban J connectivity index is 1.89. The van der Waals surface area contributed by atoms with Crippen molar-refractivity contribution < 1.29 is 4.74 Å². The van der Waals surface area contributed by atoms with Crippen molar-refractivity contribution in [1.82, 2.24) is 19.5 Å². The summed E-state index contributed by atoms with van der Waals surface area (Å²) in [5, 5.41) is 3.19. The summed E-state index contributed by atoms with van der Waals surface area (Å²) in [6.07, 6.45) is 3.79. The molecule has 24 heavy (non-hydrogen) atoms. The van der Waals surface area contributed by atoms with Crippen LogP contribution in [0.2, 0.25) is 0 Å². The van der Waals surface area contributed by atoms with E-state index in [4.69, 9.17) is 4.74 Å². The number of imidazole rings is 1. The first-order valence-corrected chi connectivity index (χ1v) is 8.03. The Hall–Kier alpha value is -2.83. The maximum absolute atomic E-state index is 12.2. The molecule has 3 rings (SSSR count). The largest absolute Gasteiger partial charge is 0.497 e. The first-order chi connectivity index (χ1) is 11.7. The second-order valence-corrected chi connectivity index (χ2v) is 5.58. The van der Waals surface area contributed by atoms with Gasteiger partial charge in [0.1, 0.15) is 11.3 Å². The van der Waals surface area contributed by atoms with E-state index in [1.807, 2.05) is 24.3 Å². The van der Waals surface area contributed by atoms with Crippen molar-refractivity contribution in [2.24, 2.45) is 0 Å². The molecule has 7 nitrogen and oxygen atoms in total. The summed E-state index contributed by atoms with van der Waals surface area (Å²) < 4.78 is 6.77. The molecule has 0 radical (unpaired) electrons. The van der Waals surface area contributed by atoms with Gasteiger partial charge < -0.3 is 15.0 Å². The lowest BCUT2D eigenvalue weighted by Gasteiger charge is -2.06. The van der Waals surface area contributed by atoms with Gasteiger partial charge in [-0.05, 0) is 24.1 Å². The number of rotatable bonds is 7. The Morgan fingerprint density at radius 2 is 2.08 bits per heavy atom. The highest BCUT2D eigenvalue weighted by Gasteiger charge is 2.10. The summed E-state index contributed by atoms with van der Waals surface area (Å²) >= 11 is 0. The van der Waals surface area contributed by atoms with Crippen molar-refractivity contribution >= 4 is 17.1 Å². The highest BCUT2D eigenvalue weighted by Crippen LogP contribution is 2.14. The van der Waals surface area contributed by atoms with Crippen molar-refractivity contribution in [3.05, 3.63) is 46.5 Å². The average molecular weight is 327 g/mol. The van der Waals surface area contributed by atoms with Gasteiger partial charge in [-0.25, -0.2) is 9.78 Å². The van der Waals surface area contributed by atoms with Gasteiger partial charge in [0.2, 0.25) is 5.95 Å². The molecule has 2 aromatic heterocycles. The molecule has 0 amide bonds. The molecular weight excluding hydrogens is 306 g/mol. The molecule has 0 unspecified atom stereocenters. The first-order valence-electron chi connectivity index (χ1n) is 8.03. The molecule has 0 fully saturated rings. The van der Waals surface area contributed by atoms with Gasteiger partial charge in [-0.2, -0.15) is 4.98 Å². The number of aromatic amines is 1. The summed E-state index contributed by atoms with van der Waals surface area (Å²) in [5.74, 6) is 1.33. The van der Waals surface area contributed by atoms with E-state index in [1.165, 1.54) is 0 Å². The van der Waals surface area contributed by atoms with Crippen LogP contribution in [0.3, 0.4) is 0 Å². The van der Waals surface area contributed by atoms with Crippen LogP contribution in [0.1, 0.15) is 25.3 Å². The number of ether oxygens (including phenoxy) is 1. The Morgan fingerprint density at radius 3 is 2.79 bits per heavy atom. The monoisotopic (exact) mass is 327 g/mol. The van der Waals surface area contributed by atoms with Gasteiger partial charge in [-0.15, -0.1) is 0 Å². The van der Waals surface area contributed by atoms with Gasteiger partial charge in [-0.3, -0.25) is 4.57 Å². The van der Waals surface area contributed by atoms with Crippen LogP contribution in [-0.4, -0.2) is 33.2 Å². The van der Waals surface area contributed by atoms with E-state index in [9.17, 15) is 4.79 Å². The molecular formula is C17H21N5O2. The molecule has 0 aliphatic carbocycles. The fourth-order valence-electron chi connectivity index (χ4n) is 2.47. The second-order valence-electron chi connectivity index (χ2n) is 5.58. The summed E-state index contributed by atoms with van der Waals surface area (Å²) in [7, 11) is 1.63. The van der Waals surface area contributed by atoms with Crippen molar-refractivity contribution in [3.63, 3.8) is 0 Å². The van der Waals surface area contributed by atoms with Crippen LogP contribution < -0.4 is 15.7 Å². The fraction of sp³-hybridized carbons (Fsp3) is 0.353. The topological polar surface area (TPSA) is 84.8 Å². The number of hydrogen-bond acceptors (Lipinski definition) is 5. The zero-order valence-corrected chi connectivity index (χ0v) is 13.9. The smallest absolute Gasteiger partial charge is 0.328 e. The van der Waals surface area contributed by atoms with Gasteiger partial charge in [0, 0.05) is 6.54 Å². The van der Waals surface area contributed by atoms with E-state index in [-0.39, 0.29) is 5.69 Å². The standard InChI is InChI=1S/C17H21N5O2/c1-3-4-9-18-16-19-10-14-15(21-16)22(17(23)20-14)11-12-5-7-13(24-2)8-6-12/h5-8,10H,3-4,9,11H2,1-2H3,(H,20,23)(H,18,19,21). The molecule has 0 saturated carbocycles.